The molecule has 4 nitrogen and oxygen atoms in total. The molecular formula is C12H16NO3P. The molecule has 92 valence electrons. The Kier molecular flexibility index (Phi) is 3.77. The van der Waals surface area contributed by atoms with Gasteiger partial charge in [0.05, 0.1) is 13.2 Å². The summed E-state index contributed by atoms with van der Waals surface area (Å²) in [5.41, 5.74) is 1.58. The van der Waals surface area contributed by atoms with E-state index >= 15 is 0 Å². The maximum absolute atomic E-state index is 12.4. The highest BCUT2D eigenvalue weighted by atomic mass is 31.2. The minimum atomic E-state index is -3.15. The average Bonchev–Trinajstić information content (AvgIpc) is 3.11. The second-order valence-corrected chi connectivity index (χ2v) is 5.60. The van der Waals surface area contributed by atoms with Gasteiger partial charge in [-0.15, -0.1) is 0 Å². The van der Waals surface area contributed by atoms with Crippen LogP contribution in [0.2, 0.25) is 0 Å². The largest absolute Gasteiger partial charge is 0.377 e. The lowest BCUT2D eigenvalue weighted by Crippen LogP contribution is -2.02. The molecule has 0 fully saturated rings. The molecule has 0 N–H and O–H groups in total. The fourth-order valence-corrected chi connectivity index (χ4v) is 3.41. The summed E-state index contributed by atoms with van der Waals surface area (Å²) in [5.74, 6) is 0. The van der Waals surface area contributed by atoms with E-state index < -0.39 is 7.60 Å². The van der Waals surface area contributed by atoms with Crippen LogP contribution in [-0.2, 0) is 13.6 Å². The van der Waals surface area contributed by atoms with Gasteiger partial charge in [0.15, 0.2) is 5.45 Å². The van der Waals surface area contributed by atoms with E-state index in [4.69, 9.17) is 9.05 Å². The summed E-state index contributed by atoms with van der Waals surface area (Å²) in [4.78, 5) is 4.24. The molecule has 1 unspecified atom stereocenters. The van der Waals surface area contributed by atoms with Crippen molar-refractivity contribution in [2.45, 2.75) is 19.9 Å². The summed E-state index contributed by atoms with van der Waals surface area (Å²) in [6.07, 6.45) is 0. The van der Waals surface area contributed by atoms with Crippen LogP contribution >= 0.6 is 7.60 Å². The first kappa shape index (κ1) is 12.5. The summed E-state index contributed by atoms with van der Waals surface area (Å²) in [6, 6.07) is 9.61. The van der Waals surface area contributed by atoms with Crippen LogP contribution in [0.15, 0.2) is 35.3 Å². The van der Waals surface area contributed by atoms with Crippen LogP contribution in [0.3, 0.4) is 0 Å². The van der Waals surface area contributed by atoms with Crippen LogP contribution in [0.1, 0.15) is 25.5 Å². The molecule has 17 heavy (non-hydrogen) atoms. The lowest BCUT2D eigenvalue weighted by molar-refractivity contribution is 0.233. The van der Waals surface area contributed by atoms with Crippen molar-refractivity contribution in [2.75, 3.05) is 13.2 Å². The molecule has 5 heteroatoms. The Morgan fingerprint density at radius 1 is 1.18 bits per heavy atom. The van der Waals surface area contributed by atoms with Gasteiger partial charge in [0.2, 0.25) is 0 Å². The summed E-state index contributed by atoms with van der Waals surface area (Å²) >= 11 is 0. The summed E-state index contributed by atoms with van der Waals surface area (Å²) in [5, 5.41) is 0. The van der Waals surface area contributed by atoms with Gasteiger partial charge >= 0.3 is 7.60 Å². The molecule has 1 atom stereocenters. The second-order valence-electron chi connectivity index (χ2n) is 3.63. The molecule has 0 aliphatic carbocycles. The molecule has 0 radical (unpaired) electrons. The molecule has 0 amide bonds. The van der Waals surface area contributed by atoms with Gasteiger partial charge in [0.1, 0.15) is 6.04 Å². The summed E-state index contributed by atoms with van der Waals surface area (Å²) in [7, 11) is -3.15. The summed E-state index contributed by atoms with van der Waals surface area (Å²) < 4.78 is 22.9. The van der Waals surface area contributed by atoms with Crippen LogP contribution < -0.4 is 0 Å². The van der Waals surface area contributed by atoms with Gasteiger partial charge in [-0.3, -0.25) is 9.56 Å². The number of benzene rings is 1. The molecule has 0 spiro atoms. The second kappa shape index (κ2) is 5.13. The monoisotopic (exact) mass is 253 g/mol. The van der Waals surface area contributed by atoms with E-state index in [-0.39, 0.29) is 6.04 Å². The number of rotatable bonds is 6. The van der Waals surface area contributed by atoms with Gasteiger partial charge in [0, 0.05) is 0 Å². The van der Waals surface area contributed by atoms with Gasteiger partial charge in [-0.2, -0.15) is 0 Å². The third kappa shape index (κ3) is 2.65. The molecule has 0 saturated heterocycles. The van der Waals surface area contributed by atoms with E-state index in [1.807, 2.05) is 30.3 Å². The maximum Gasteiger partial charge on any atom is 0.377 e. The van der Waals surface area contributed by atoms with Crippen molar-refractivity contribution in [1.29, 1.82) is 0 Å². The van der Waals surface area contributed by atoms with Gasteiger partial charge in [0.25, 0.3) is 0 Å². The third-order valence-corrected chi connectivity index (χ3v) is 4.55. The quantitative estimate of drug-likeness (QED) is 0.730. The Morgan fingerprint density at radius 3 is 2.29 bits per heavy atom. The van der Waals surface area contributed by atoms with Crippen molar-refractivity contribution in [3.05, 3.63) is 35.9 Å². The minimum Gasteiger partial charge on any atom is -0.305 e. The van der Waals surface area contributed by atoms with Gasteiger partial charge in [-0.1, -0.05) is 30.3 Å². The van der Waals surface area contributed by atoms with Crippen molar-refractivity contribution in [2.24, 2.45) is 4.99 Å². The van der Waals surface area contributed by atoms with Crippen molar-refractivity contribution < 1.29 is 13.6 Å². The maximum atomic E-state index is 12.4. The molecule has 1 aromatic carbocycles. The Labute approximate surface area is 101 Å². The SMILES string of the molecule is CCOP(=O)(OCC)C1=NC1c1ccccc1. The van der Waals surface area contributed by atoms with Crippen molar-refractivity contribution in [3.63, 3.8) is 0 Å². The summed E-state index contributed by atoms with van der Waals surface area (Å²) in [6.45, 7) is 4.31. The lowest BCUT2D eigenvalue weighted by Gasteiger charge is -2.13. The van der Waals surface area contributed by atoms with Crippen LogP contribution in [0.4, 0.5) is 0 Å². The van der Waals surface area contributed by atoms with E-state index in [2.05, 4.69) is 4.99 Å². The first-order valence-corrected chi connectivity index (χ1v) is 7.28. The van der Waals surface area contributed by atoms with Crippen molar-refractivity contribution >= 4 is 13.0 Å². The molecule has 1 aliphatic heterocycles. The molecular weight excluding hydrogens is 237 g/mol. The van der Waals surface area contributed by atoms with Crippen molar-refractivity contribution in [1.82, 2.24) is 0 Å². The Balaban J connectivity index is 2.10. The fraction of sp³-hybridized carbons (Fsp3) is 0.417. The predicted molar refractivity (Wildman–Crippen MR) is 67.5 cm³/mol. The first-order chi connectivity index (χ1) is 8.21. The molecule has 0 saturated carbocycles. The van der Waals surface area contributed by atoms with Gasteiger partial charge in [-0.25, -0.2) is 0 Å². The number of nitrogens with zero attached hydrogens (tertiary/aromatic N) is 1. The molecule has 1 aliphatic rings. The zero-order valence-electron chi connectivity index (χ0n) is 10.00. The van der Waals surface area contributed by atoms with Crippen LogP contribution in [0.25, 0.3) is 0 Å². The van der Waals surface area contributed by atoms with Crippen LogP contribution in [0.5, 0.6) is 0 Å². The van der Waals surface area contributed by atoms with Crippen LogP contribution in [0, 0.1) is 0 Å². The Bertz CT molecular complexity index is 448. The van der Waals surface area contributed by atoms with E-state index in [0.717, 1.165) is 5.56 Å². The highest BCUT2D eigenvalue weighted by Gasteiger charge is 2.46. The van der Waals surface area contributed by atoms with Gasteiger partial charge < -0.3 is 9.05 Å². The third-order valence-electron chi connectivity index (χ3n) is 2.43. The standard InChI is InChI=1S/C12H16NO3P/c1-3-15-17(14,16-4-2)12-11(13-12)10-8-6-5-7-9-10/h5-9,11H,3-4H2,1-2H3. The highest BCUT2D eigenvalue weighted by molar-refractivity contribution is 7.73. The predicted octanol–water partition coefficient (Wildman–Crippen LogP) is 3.41. The molecule has 1 aromatic rings. The Hall–Kier alpha value is -0.960. The minimum absolute atomic E-state index is 0.125. The van der Waals surface area contributed by atoms with E-state index in [9.17, 15) is 4.57 Å². The Morgan fingerprint density at radius 2 is 1.76 bits per heavy atom. The normalized spacial score (nSPS) is 18.9. The number of aliphatic imine (C=N–C) groups is 1. The smallest absolute Gasteiger partial charge is 0.305 e. The van der Waals surface area contributed by atoms with E-state index in [1.165, 1.54) is 0 Å². The first-order valence-electron chi connectivity index (χ1n) is 5.73. The zero-order chi connectivity index (χ0) is 12.3. The number of hydrogen-bond acceptors (Lipinski definition) is 4. The lowest BCUT2D eigenvalue weighted by atomic mass is 10.1. The molecule has 1 heterocycles. The van der Waals surface area contributed by atoms with Crippen LogP contribution in [-0.4, -0.2) is 18.7 Å². The molecule has 2 rings (SSSR count). The van der Waals surface area contributed by atoms with Crippen molar-refractivity contribution in [3.8, 4) is 0 Å². The molecule has 0 bridgehead atoms. The average molecular weight is 253 g/mol. The number of hydrogen-bond donors (Lipinski definition) is 0. The van der Waals surface area contributed by atoms with Gasteiger partial charge in [-0.05, 0) is 19.4 Å². The van der Waals surface area contributed by atoms with E-state index in [1.54, 1.807) is 13.8 Å². The highest BCUT2D eigenvalue weighted by Crippen LogP contribution is 2.59. The zero-order valence-corrected chi connectivity index (χ0v) is 10.9. The van der Waals surface area contributed by atoms with E-state index in [0.29, 0.717) is 18.7 Å². The molecule has 0 aromatic heterocycles. The fourth-order valence-electron chi connectivity index (χ4n) is 1.68. The topological polar surface area (TPSA) is 47.9 Å².